The number of nitrogens with one attached hydrogen (secondary N) is 1. The van der Waals surface area contributed by atoms with Crippen LogP contribution in [-0.4, -0.2) is 39.1 Å². The van der Waals surface area contributed by atoms with E-state index in [0.717, 1.165) is 52.6 Å². The zero-order valence-electron chi connectivity index (χ0n) is 15.9. The molecule has 3 aromatic heterocycles. The minimum absolute atomic E-state index is 0.390. The number of rotatable bonds is 3. The lowest BCUT2D eigenvalue weighted by molar-refractivity contribution is 0.133. The molecule has 29 heavy (non-hydrogen) atoms. The number of alkyl halides is 1. The van der Waals surface area contributed by atoms with Gasteiger partial charge in [0.25, 0.3) is 0 Å². The topological polar surface area (TPSA) is 68.6 Å². The minimum atomic E-state index is -0.700. The number of benzene rings is 1. The van der Waals surface area contributed by atoms with Gasteiger partial charge in [-0.25, -0.2) is 14.4 Å². The molecule has 0 bridgehead atoms. The number of halogens is 1. The van der Waals surface area contributed by atoms with Gasteiger partial charge in [0.1, 0.15) is 23.6 Å². The Morgan fingerprint density at radius 1 is 1.10 bits per heavy atom. The van der Waals surface area contributed by atoms with E-state index >= 15 is 0 Å². The van der Waals surface area contributed by atoms with Gasteiger partial charge in [0.05, 0.1) is 11.7 Å². The van der Waals surface area contributed by atoms with Gasteiger partial charge in [0.15, 0.2) is 0 Å². The van der Waals surface area contributed by atoms with Gasteiger partial charge in [0.2, 0.25) is 0 Å². The molecule has 0 saturated carbocycles. The van der Waals surface area contributed by atoms with Crippen LogP contribution in [0.4, 0.5) is 4.39 Å². The molecule has 0 spiro atoms. The molecule has 1 aliphatic heterocycles. The number of hydrogen-bond donors (Lipinski definition) is 1. The first-order valence-electron chi connectivity index (χ1n) is 9.83. The molecule has 0 aliphatic carbocycles. The normalized spacial score (nSPS) is 17.6. The molecular weight excluding hydrogens is 365 g/mol. The minimum Gasteiger partial charge on any atom is -0.338 e. The van der Waals surface area contributed by atoms with Crippen molar-refractivity contribution in [1.29, 1.82) is 5.26 Å². The molecule has 1 aromatic carbocycles. The number of aromatic nitrogens is 3. The number of H-pyrrole nitrogens is 1. The van der Waals surface area contributed by atoms with Crippen LogP contribution in [0.25, 0.3) is 33.1 Å². The van der Waals surface area contributed by atoms with Gasteiger partial charge < -0.3 is 4.98 Å². The zero-order valence-corrected chi connectivity index (χ0v) is 15.9. The molecule has 1 N–H and O–H groups in total. The maximum atomic E-state index is 13.6. The highest BCUT2D eigenvalue weighted by Gasteiger charge is 2.19. The zero-order chi connectivity index (χ0) is 19.8. The average Bonchev–Trinajstić information content (AvgIpc) is 3.11. The molecule has 144 valence electrons. The van der Waals surface area contributed by atoms with Crippen LogP contribution in [0.2, 0.25) is 0 Å². The number of nitriles is 1. The number of pyridine rings is 2. The van der Waals surface area contributed by atoms with Crippen molar-refractivity contribution < 1.29 is 4.39 Å². The molecule has 4 heterocycles. The van der Waals surface area contributed by atoms with Crippen LogP contribution < -0.4 is 0 Å². The lowest BCUT2D eigenvalue weighted by atomic mass is 10.0. The molecule has 1 unspecified atom stereocenters. The van der Waals surface area contributed by atoms with E-state index in [4.69, 9.17) is 5.26 Å². The highest BCUT2D eigenvalue weighted by molar-refractivity contribution is 6.06. The summed E-state index contributed by atoms with van der Waals surface area (Å²) in [7, 11) is 0. The van der Waals surface area contributed by atoms with Crippen molar-refractivity contribution in [3.05, 3.63) is 60.0 Å². The number of piperidine rings is 1. The smallest absolute Gasteiger partial charge is 0.141 e. The third kappa shape index (κ3) is 3.45. The van der Waals surface area contributed by atoms with Crippen molar-refractivity contribution in [2.24, 2.45) is 0 Å². The lowest BCUT2D eigenvalue weighted by Crippen LogP contribution is -2.35. The largest absolute Gasteiger partial charge is 0.338 e. The van der Waals surface area contributed by atoms with Crippen LogP contribution in [0.15, 0.2) is 48.8 Å². The highest BCUT2D eigenvalue weighted by Crippen LogP contribution is 2.29. The van der Waals surface area contributed by atoms with Gasteiger partial charge in [-0.3, -0.25) is 4.90 Å². The van der Waals surface area contributed by atoms with E-state index in [0.29, 0.717) is 18.7 Å². The fourth-order valence-electron chi connectivity index (χ4n) is 4.10. The number of aromatic amines is 1. The highest BCUT2D eigenvalue weighted by atomic mass is 19.1. The molecule has 0 amide bonds. The molecule has 1 aliphatic rings. The maximum absolute atomic E-state index is 13.6. The van der Waals surface area contributed by atoms with Crippen molar-refractivity contribution >= 4 is 21.9 Å². The Labute approximate surface area is 167 Å². The van der Waals surface area contributed by atoms with Crippen molar-refractivity contribution in [2.75, 3.05) is 13.1 Å². The van der Waals surface area contributed by atoms with Crippen LogP contribution in [0, 0.1) is 11.3 Å². The van der Waals surface area contributed by atoms with Crippen LogP contribution in [0.5, 0.6) is 0 Å². The number of hydrogen-bond acceptors (Lipinski definition) is 4. The predicted octanol–water partition coefficient (Wildman–Crippen LogP) is 4.58. The molecule has 1 saturated heterocycles. The SMILES string of the molecule is N#Cc1cc2c(cn1)[nH]c1ncc(-c3ccc(CN4CCCC(F)C4)cc3)cc12. The van der Waals surface area contributed by atoms with Crippen LogP contribution in [0.1, 0.15) is 24.1 Å². The summed E-state index contributed by atoms with van der Waals surface area (Å²) in [5.74, 6) is 0. The molecule has 4 aromatic rings. The number of fused-ring (bicyclic) bond motifs is 3. The molecule has 5 nitrogen and oxygen atoms in total. The van der Waals surface area contributed by atoms with Gasteiger partial charge in [-0.2, -0.15) is 5.26 Å². The fraction of sp³-hybridized carbons (Fsp3) is 0.261. The Kier molecular flexibility index (Phi) is 4.45. The summed E-state index contributed by atoms with van der Waals surface area (Å²) in [5, 5.41) is 11.1. The molecular formula is C23H20FN5. The first-order valence-corrected chi connectivity index (χ1v) is 9.83. The molecule has 1 atom stereocenters. The third-order valence-corrected chi connectivity index (χ3v) is 5.59. The van der Waals surface area contributed by atoms with E-state index in [9.17, 15) is 4.39 Å². The number of likely N-dealkylation sites (tertiary alicyclic amines) is 1. The van der Waals surface area contributed by atoms with E-state index in [-0.39, 0.29) is 0 Å². The van der Waals surface area contributed by atoms with Gasteiger partial charge in [-0.1, -0.05) is 24.3 Å². The van der Waals surface area contributed by atoms with Crippen molar-refractivity contribution in [2.45, 2.75) is 25.6 Å². The van der Waals surface area contributed by atoms with E-state index in [1.165, 1.54) is 5.56 Å². The summed E-state index contributed by atoms with van der Waals surface area (Å²) < 4.78 is 13.6. The van der Waals surface area contributed by atoms with Gasteiger partial charge in [0, 0.05) is 35.6 Å². The third-order valence-electron chi connectivity index (χ3n) is 5.59. The maximum Gasteiger partial charge on any atom is 0.141 e. The molecule has 1 fully saturated rings. The first kappa shape index (κ1) is 17.8. The van der Waals surface area contributed by atoms with E-state index in [1.807, 2.05) is 6.20 Å². The lowest BCUT2D eigenvalue weighted by Gasteiger charge is -2.28. The Hall–Kier alpha value is -3.30. The first-order chi connectivity index (χ1) is 14.2. The van der Waals surface area contributed by atoms with Crippen molar-refractivity contribution in [1.82, 2.24) is 19.9 Å². The van der Waals surface area contributed by atoms with Gasteiger partial charge in [-0.15, -0.1) is 0 Å². The summed E-state index contributed by atoms with van der Waals surface area (Å²) in [6.07, 6.45) is 4.44. The monoisotopic (exact) mass is 385 g/mol. The van der Waals surface area contributed by atoms with E-state index in [2.05, 4.69) is 56.3 Å². The van der Waals surface area contributed by atoms with Crippen LogP contribution in [-0.2, 0) is 6.54 Å². The summed E-state index contributed by atoms with van der Waals surface area (Å²) in [6, 6.07) is 14.4. The van der Waals surface area contributed by atoms with Crippen molar-refractivity contribution in [3.8, 4) is 17.2 Å². The van der Waals surface area contributed by atoms with Crippen LogP contribution >= 0.6 is 0 Å². The van der Waals surface area contributed by atoms with E-state index in [1.54, 1.807) is 12.3 Å². The number of nitrogens with zero attached hydrogens (tertiary/aromatic N) is 4. The fourth-order valence-corrected chi connectivity index (χ4v) is 4.10. The predicted molar refractivity (Wildman–Crippen MR) is 111 cm³/mol. The Bertz CT molecular complexity index is 1220. The van der Waals surface area contributed by atoms with E-state index < -0.39 is 6.17 Å². The summed E-state index contributed by atoms with van der Waals surface area (Å²) in [5.41, 5.74) is 5.32. The Morgan fingerprint density at radius 3 is 2.76 bits per heavy atom. The quantitative estimate of drug-likeness (QED) is 0.560. The molecule has 0 radical (unpaired) electrons. The second kappa shape index (κ2) is 7.26. The standard InChI is InChI=1S/C23H20FN5/c24-18-2-1-7-29(14-18)13-15-3-5-16(6-4-15)17-8-21-20-9-19(10-25)26-12-22(20)28-23(21)27-11-17/h3-6,8-9,11-12,18H,1-2,7,13-14H2,(H,27,28). The summed E-state index contributed by atoms with van der Waals surface area (Å²) >= 11 is 0. The van der Waals surface area contributed by atoms with Gasteiger partial charge >= 0.3 is 0 Å². The van der Waals surface area contributed by atoms with Crippen molar-refractivity contribution in [3.63, 3.8) is 0 Å². The molecule has 5 rings (SSSR count). The second-order valence-electron chi connectivity index (χ2n) is 7.64. The molecule has 6 heteroatoms. The average molecular weight is 385 g/mol. The summed E-state index contributed by atoms with van der Waals surface area (Å²) in [4.78, 5) is 14.1. The van der Waals surface area contributed by atoms with Crippen LogP contribution in [0.3, 0.4) is 0 Å². The second-order valence-corrected chi connectivity index (χ2v) is 7.64. The van der Waals surface area contributed by atoms with Gasteiger partial charge in [-0.05, 0) is 42.6 Å². The summed E-state index contributed by atoms with van der Waals surface area (Å²) in [6.45, 7) is 2.27. The Morgan fingerprint density at radius 2 is 1.97 bits per heavy atom. The Balaban J connectivity index is 1.44.